The molecular formula is C20H19ClFN3O2. The third-order valence-electron chi connectivity index (χ3n) is 4.08. The van der Waals surface area contributed by atoms with Crippen LogP contribution in [0.15, 0.2) is 48.5 Å². The number of ether oxygens (including phenoxy) is 1. The minimum absolute atomic E-state index is 0.121. The maximum Gasteiger partial charge on any atom is 0.262 e. The Kier molecular flexibility index (Phi) is 5.76. The van der Waals surface area contributed by atoms with Crippen LogP contribution >= 0.6 is 11.6 Å². The molecule has 27 heavy (non-hydrogen) atoms. The number of hydrogen-bond donors (Lipinski definition) is 1. The van der Waals surface area contributed by atoms with E-state index in [2.05, 4.69) is 10.4 Å². The van der Waals surface area contributed by atoms with Crippen LogP contribution in [0.1, 0.15) is 17.0 Å². The van der Waals surface area contributed by atoms with Crippen LogP contribution in [0.4, 0.5) is 10.1 Å². The molecule has 1 amide bonds. The first-order valence-electron chi connectivity index (χ1n) is 8.39. The zero-order valence-electron chi connectivity index (χ0n) is 15.0. The predicted molar refractivity (Wildman–Crippen MR) is 103 cm³/mol. The van der Waals surface area contributed by atoms with Gasteiger partial charge >= 0.3 is 0 Å². The lowest BCUT2D eigenvalue weighted by atomic mass is 10.2. The molecule has 1 aromatic heterocycles. The number of carbonyl (C=O) groups is 1. The Labute approximate surface area is 161 Å². The predicted octanol–water partition coefficient (Wildman–Crippen LogP) is 4.36. The smallest absolute Gasteiger partial charge is 0.262 e. The van der Waals surface area contributed by atoms with Crippen molar-refractivity contribution in [2.45, 2.75) is 20.4 Å². The number of hydrogen-bond acceptors (Lipinski definition) is 3. The molecule has 0 saturated heterocycles. The van der Waals surface area contributed by atoms with Gasteiger partial charge in [-0.15, -0.1) is 0 Å². The molecule has 0 unspecified atom stereocenters. The van der Waals surface area contributed by atoms with Gasteiger partial charge in [0, 0.05) is 5.02 Å². The molecule has 5 nitrogen and oxygen atoms in total. The van der Waals surface area contributed by atoms with Crippen molar-refractivity contribution in [2.24, 2.45) is 0 Å². The Morgan fingerprint density at radius 3 is 2.48 bits per heavy atom. The number of rotatable bonds is 6. The Morgan fingerprint density at radius 2 is 1.81 bits per heavy atom. The van der Waals surface area contributed by atoms with Gasteiger partial charge in [-0.1, -0.05) is 23.7 Å². The molecule has 3 aromatic rings. The number of amides is 1. The van der Waals surface area contributed by atoms with Crippen LogP contribution in [-0.4, -0.2) is 22.3 Å². The Balaban J connectivity index is 1.64. The molecule has 0 fully saturated rings. The monoisotopic (exact) mass is 387 g/mol. The van der Waals surface area contributed by atoms with Crippen molar-refractivity contribution < 1.29 is 13.9 Å². The summed E-state index contributed by atoms with van der Waals surface area (Å²) in [6.45, 7) is 4.07. The highest BCUT2D eigenvalue weighted by molar-refractivity contribution is 6.30. The molecule has 140 valence electrons. The van der Waals surface area contributed by atoms with Crippen molar-refractivity contribution in [1.29, 1.82) is 0 Å². The highest BCUT2D eigenvalue weighted by Gasteiger charge is 2.15. The summed E-state index contributed by atoms with van der Waals surface area (Å²) in [6.07, 6.45) is 0. The van der Waals surface area contributed by atoms with Crippen molar-refractivity contribution in [3.63, 3.8) is 0 Å². The van der Waals surface area contributed by atoms with Gasteiger partial charge in [-0.2, -0.15) is 5.10 Å². The summed E-state index contributed by atoms with van der Waals surface area (Å²) in [5.74, 6) is 0.00763. The lowest BCUT2D eigenvalue weighted by molar-refractivity contribution is -0.118. The maximum absolute atomic E-state index is 13.0. The second-order valence-electron chi connectivity index (χ2n) is 6.12. The number of nitrogens with zero attached hydrogens (tertiary/aromatic N) is 2. The molecular weight excluding hydrogens is 369 g/mol. The van der Waals surface area contributed by atoms with E-state index in [1.54, 1.807) is 41.1 Å². The Hall–Kier alpha value is -2.86. The molecule has 0 spiro atoms. The molecule has 0 aliphatic heterocycles. The number of halogens is 2. The fourth-order valence-corrected chi connectivity index (χ4v) is 2.78. The first kappa shape index (κ1) is 18.9. The number of carbonyl (C=O) groups excluding carboxylic acids is 1. The van der Waals surface area contributed by atoms with Crippen LogP contribution in [0.5, 0.6) is 5.75 Å². The fourth-order valence-electron chi connectivity index (χ4n) is 2.65. The topological polar surface area (TPSA) is 56.2 Å². The first-order chi connectivity index (χ1) is 12.9. The summed E-state index contributed by atoms with van der Waals surface area (Å²) in [4.78, 5) is 12.2. The van der Waals surface area contributed by atoms with Crippen molar-refractivity contribution in [2.75, 3.05) is 11.9 Å². The third-order valence-corrected chi connectivity index (χ3v) is 4.33. The highest BCUT2D eigenvalue weighted by atomic mass is 35.5. The number of benzene rings is 2. The van der Waals surface area contributed by atoms with Crippen LogP contribution in [-0.2, 0) is 11.3 Å². The molecule has 0 atom stereocenters. The van der Waals surface area contributed by atoms with Gasteiger partial charge in [0.15, 0.2) is 6.61 Å². The zero-order chi connectivity index (χ0) is 19.4. The molecule has 2 aromatic carbocycles. The van der Waals surface area contributed by atoms with E-state index in [4.69, 9.17) is 16.3 Å². The quantitative estimate of drug-likeness (QED) is 0.683. The van der Waals surface area contributed by atoms with E-state index in [0.717, 1.165) is 11.3 Å². The molecule has 0 aliphatic carbocycles. The van der Waals surface area contributed by atoms with E-state index in [9.17, 15) is 9.18 Å². The van der Waals surface area contributed by atoms with Crippen LogP contribution in [0.3, 0.4) is 0 Å². The standard InChI is InChI=1S/C20H19ClFN3O2/c1-13-20(23-19(26)12-27-18-9-5-16(21)6-10-18)14(2)25(24-13)11-15-3-7-17(22)8-4-15/h3-10H,11-12H2,1-2H3,(H,23,26). The Bertz CT molecular complexity index is 937. The highest BCUT2D eigenvalue weighted by Crippen LogP contribution is 2.21. The van der Waals surface area contributed by atoms with Crippen molar-refractivity contribution in [3.8, 4) is 5.75 Å². The van der Waals surface area contributed by atoms with Crippen LogP contribution in [0.25, 0.3) is 0 Å². The largest absolute Gasteiger partial charge is 0.484 e. The lowest BCUT2D eigenvalue weighted by Gasteiger charge is -2.09. The molecule has 1 N–H and O–H groups in total. The number of anilines is 1. The van der Waals surface area contributed by atoms with Gasteiger partial charge in [-0.05, 0) is 55.8 Å². The first-order valence-corrected chi connectivity index (χ1v) is 8.77. The van der Waals surface area contributed by atoms with Gasteiger partial charge in [-0.3, -0.25) is 9.48 Å². The number of aryl methyl sites for hydroxylation is 1. The molecule has 0 saturated carbocycles. The zero-order valence-corrected chi connectivity index (χ0v) is 15.8. The summed E-state index contributed by atoms with van der Waals surface area (Å²) in [5.41, 5.74) is 3.10. The van der Waals surface area contributed by atoms with Crippen LogP contribution < -0.4 is 10.1 Å². The molecule has 7 heteroatoms. The van der Waals surface area contributed by atoms with E-state index in [0.29, 0.717) is 28.7 Å². The molecule has 3 rings (SSSR count). The molecule has 0 radical (unpaired) electrons. The SMILES string of the molecule is Cc1nn(Cc2ccc(F)cc2)c(C)c1NC(=O)COc1ccc(Cl)cc1. The average molecular weight is 388 g/mol. The summed E-state index contributed by atoms with van der Waals surface area (Å²) in [5, 5.41) is 7.91. The second kappa shape index (κ2) is 8.22. The van der Waals surface area contributed by atoms with Crippen LogP contribution in [0, 0.1) is 19.7 Å². The summed E-state index contributed by atoms with van der Waals surface area (Å²) >= 11 is 5.82. The van der Waals surface area contributed by atoms with Crippen molar-refractivity contribution in [3.05, 3.63) is 76.3 Å². The normalized spacial score (nSPS) is 10.7. The lowest BCUT2D eigenvalue weighted by Crippen LogP contribution is -2.21. The summed E-state index contributed by atoms with van der Waals surface area (Å²) < 4.78 is 20.3. The van der Waals surface area contributed by atoms with E-state index in [-0.39, 0.29) is 18.3 Å². The molecule has 1 heterocycles. The molecule has 0 aliphatic rings. The second-order valence-corrected chi connectivity index (χ2v) is 6.56. The van der Waals surface area contributed by atoms with Gasteiger partial charge in [-0.25, -0.2) is 4.39 Å². The van der Waals surface area contributed by atoms with Gasteiger partial charge in [0.2, 0.25) is 0 Å². The number of aromatic nitrogens is 2. The minimum atomic E-state index is -0.280. The Morgan fingerprint density at radius 1 is 1.15 bits per heavy atom. The van der Waals surface area contributed by atoms with Gasteiger partial charge < -0.3 is 10.1 Å². The maximum atomic E-state index is 13.0. The minimum Gasteiger partial charge on any atom is -0.484 e. The fraction of sp³-hybridized carbons (Fsp3) is 0.200. The van der Waals surface area contributed by atoms with Crippen molar-refractivity contribution in [1.82, 2.24) is 9.78 Å². The summed E-state index contributed by atoms with van der Waals surface area (Å²) in [6, 6.07) is 13.1. The molecule has 0 bridgehead atoms. The number of nitrogens with one attached hydrogen (secondary N) is 1. The van der Waals surface area contributed by atoms with Gasteiger partial charge in [0.25, 0.3) is 5.91 Å². The summed E-state index contributed by atoms with van der Waals surface area (Å²) in [7, 11) is 0. The van der Waals surface area contributed by atoms with E-state index in [1.807, 2.05) is 13.8 Å². The van der Waals surface area contributed by atoms with Gasteiger partial charge in [0.05, 0.1) is 23.6 Å². The van der Waals surface area contributed by atoms with Crippen LogP contribution in [0.2, 0.25) is 5.02 Å². The van der Waals surface area contributed by atoms with E-state index >= 15 is 0 Å². The third kappa shape index (κ3) is 4.86. The average Bonchev–Trinajstić information content (AvgIpc) is 2.90. The van der Waals surface area contributed by atoms with E-state index < -0.39 is 0 Å². The van der Waals surface area contributed by atoms with E-state index in [1.165, 1.54) is 12.1 Å². The van der Waals surface area contributed by atoms with Gasteiger partial charge in [0.1, 0.15) is 11.6 Å². The van der Waals surface area contributed by atoms with Crippen molar-refractivity contribution >= 4 is 23.2 Å².